The Morgan fingerprint density at radius 1 is 0.750 bits per heavy atom. The van der Waals surface area contributed by atoms with Crippen LogP contribution in [0, 0.1) is 0 Å². The zero-order chi connectivity index (χ0) is 9.72. The van der Waals surface area contributed by atoms with Crippen LogP contribution in [0.25, 0.3) is 0 Å². The minimum absolute atomic E-state index is 1.12. The van der Waals surface area contributed by atoms with E-state index in [-0.39, 0.29) is 0 Å². The van der Waals surface area contributed by atoms with Crippen molar-refractivity contribution in [3.8, 4) is 0 Å². The van der Waals surface area contributed by atoms with Gasteiger partial charge in [-0.05, 0) is 0 Å². The van der Waals surface area contributed by atoms with Crippen LogP contribution >= 0.6 is 0 Å². The SMILES string of the molecule is O=C(CO)C(=O)C(=O)C(=O)CO. The van der Waals surface area contributed by atoms with Crippen LogP contribution < -0.4 is 0 Å². The first-order valence-corrected chi connectivity index (χ1v) is 2.91. The molecule has 0 aromatic heterocycles. The molecule has 0 radical (unpaired) electrons. The van der Waals surface area contributed by atoms with Crippen molar-refractivity contribution in [1.82, 2.24) is 0 Å². The first-order valence-electron chi connectivity index (χ1n) is 2.91. The summed E-state index contributed by atoms with van der Waals surface area (Å²) in [5, 5.41) is 16.2. The summed E-state index contributed by atoms with van der Waals surface area (Å²) < 4.78 is 0. The lowest BCUT2D eigenvalue weighted by molar-refractivity contribution is -0.149. The number of ketones is 4. The van der Waals surface area contributed by atoms with Gasteiger partial charge >= 0.3 is 0 Å². The van der Waals surface area contributed by atoms with Gasteiger partial charge in [0.15, 0.2) is 0 Å². The monoisotopic (exact) mass is 174 g/mol. The number of Topliss-reactive ketones (excluding diaryl/α,β-unsaturated/α-hetero) is 4. The average molecular weight is 174 g/mol. The number of aliphatic hydroxyl groups is 2. The lowest BCUT2D eigenvalue weighted by Gasteiger charge is -1.92. The third-order valence-corrected chi connectivity index (χ3v) is 1.000. The molecule has 0 aromatic rings. The van der Waals surface area contributed by atoms with Crippen molar-refractivity contribution in [3.05, 3.63) is 0 Å². The highest BCUT2D eigenvalue weighted by Gasteiger charge is 2.27. The van der Waals surface area contributed by atoms with E-state index in [1.54, 1.807) is 0 Å². The summed E-state index contributed by atoms with van der Waals surface area (Å²) in [4.78, 5) is 41.6. The highest BCUT2D eigenvalue weighted by Crippen LogP contribution is 1.82. The molecule has 0 aromatic carbocycles. The maximum absolute atomic E-state index is 10.5. The van der Waals surface area contributed by atoms with E-state index in [1.807, 2.05) is 0 Å². The van der Waals surface area contributed by atoms with Crippen molar-refractivity contribution in [2.75, 3.05) is 13.2 Å². The standard InChI is InChI=1S/C6H6O6/c7-1-3(9)5(11)6(12)4(10)2-8/h7-8H,1-2H2. The molecule has 0 aliphatic rings. The predicted octanol–water partition coefficient (Wildman–Crippen LogP) is -2.75. The molecule has 66 valence electrons. The largest absolute Gasteiger partial charge is 0.388 e. The molecular weight excluding hydrogens is 168 g/mol. The van der Waals surface area contributed by atoms with E-state index >= 15 is 0 Å². The minimum Gasteiger partial charge on any atom is -0.388 e. The summed E-state index contributed by atoms with van der Waals surface area (Å²) in [6.07, 6.45) is 0. The Morgan fingerprint density at radius 3 is 1.17 bits per heavy atom. The third kappa shape index (κ3) is 2.33. The average Bonchev–Trinajstić information content (AvgIpc) is 2.12. The lowest BCUT2D eigenvalue weighted by Crippen LogP contribution is -2.33. The maximum atomic E-state index is 10.5. The Morgan fingerprint density at radius 2 is 1.00 bits per heavy atom. The molecule has 0 fully saturated rings. The van der Waals surface area contributed by atoms with E-state index in [1.165, 1.54) is 0 Å². The minimum atomic E-state index is -1.60. The molecule has 0 amide bonds. The third-order valence-electron chi connectivity index (χ3n) is 1.000. The maximum Gasteiger partial charge on any atom is 0.274 e. The van der Waals surface area contributed by atoms with E-state index in [9.17, 15) is 19.2 Å². The topological polar surface area (TPSA) is 109 Å². The number of aliphatic hydroxyl groups excluding tert-OH is 2. The number of carbonyl (C=O) groups excluding carboxylic acids is 4. The second kappa shape index (κ2) is 4.47. The molecule has 0 aliphatic carbocycles. The van der Waals surface area contributed by atoms with Gasteiger partial charge in [-0.1, -0.05) is 0 Å². The fraction of sp³-hybridized carbons (Fsp3) is 0.333. The Hall–Kier alpha value is -1.40. The highest BCUT2D eigenvalue weighted by atomic mass is 16.3. The van der Waals surface area contributed by atoms with Gasteiger partial charge in [-0.3, -0.25) is 19.2 Å². The van der Waals surface area contributed by atoms with Gasteiger partial charge in [0.1, 0.15) is 13.2 Å². The number of rotatable bonds is 5. The summed E-state index contributed by atoms with van der Waals surface area (Å²) in [6.45, 7) is -2.24. The molecule has 2 N–H and O–H groups in total. The smallest absolute Gasteiger partial charge is 0.274 e. The number of hydrogen-bond donors (Lipinski definition) is 2. The van der Waals surface area contributed by atoms with Gasteiger partial charge in [-0.2, -0.15) is 0 Å². The van der Waals surface area contributed by atoms with Gasteiger partial charge in [-0.25, -0.2) is 0 Å². The molecule has 12 heavy (non-hydrogen) atoms. The number of carbonyl (C=O) groups is 4. The van der Waals surface area contributed by atoms with Gasteiger partial charge < -0.3 is 10.2 Å². The van der Waals surface area contributed by atoms with Crippen LogP contribution in [0.3, 0.4) is 0 Å². The van der Waals surface area contributed by atoms with E-state index in [0.717, 1.165) is 0 Å². The van der Waals surface area contributed by atoms with Crippen LogP contribution in [-0.4, -0.2) is 46.6 Å². The zero-order valence-corrected chi connectivity index (χ0v) is 5.94. The van der Waals surface area contributed by atoms with Gasteiger partial charge in [0.25, 0.3) is 11.6 Å². The second-order valence-electron chi connectivity index (χ2n) is 1.82. The molecular formula is C6H6O6. The molecule has 0 spiro atoms. The van der Waals surface area contributed by atoms with Crippen molar-refractivity contribution < 1.29 is 29.4 Å². The fourth-order valence-corrected chi connectivity index (χ4v) is 0.397. The molecule has 6 heteroatoms. The quantitative estimate of drug-likeness (QED) is 0.345. The van der Waals surface area contributed by atoms with Gasteiger partial charge in [0.2, 0.25) is 11.6 Å². The van der Waals surface area contributed by atoms with Gasteiger partial charge in [-0.15, -0.1) is 0 Å². The van der Waals surface area contributed by atoms with Gasteiger partial charge in [0.05, 0.1) is 0 Å². The Balaban J connectivity index is 4.41. The normalized spacial score (nSPS) is 9.17. The molecule has 0 saturated heterocycles. The summed E-state index contributed by atoms with van der Waals surface area (Å²) in [7, 11) is 0. The van der Waals surface area contributed by atoms with E-state index < -0.39 is 36.3 Å². The molecule has 0 saturated carbocycles. The number of hydrogen-bond acceptors (Lipinski definition) is 6. The Bertz CT molecular complexity index is 214. The van der Waals surface area contributed by atoms with Crippen LogP contribution in [-0.2, 0) is 19.2 Å². The van der Waals surface area contributed by atoms with E-state index in [4.69, 9.17) is 10.2 Å². The first-order chi connectivity index (χ1) is 5.54. The van der Waals surface area contributed by atoms with Crippen molar-refractivity contribution >= 4 is 23.1 Å². The molecule has 0 aliphatic heterocycles. The van der Waals surface area contributed by atoms with Gasteiger partial charge in [0, 0.05) is 0 Å². The Labute approximate surface area is 66.8 Å². The molecule has 0 atom stereocenters. The van der Waals surface area contributed by atoms with Crippen LogP contribution in [0.15, 0.2) is 0 Å². The first kappa shape index (κ1) is 10.6. The molecule has 0 unspecified atom stereocenters. The summed E-state index contributed by atoms with van der Waals surface area (Å²) in [5.41, 5.74) is 0. The molecule has 0 rings (SSSR count). The van der Waals surface area contributed by atoms with Crippen molar-refractivity contribution in [3.63, 3.8) is 0 Å². The Kier molecular flexibility index (Phi) is 3.95. The van der Waals surface area contributed by atoms with Crippen LogP contribution in [0.1, 0.15) is 0 Å². The van der Waals surface area contributed by atoms with E-state index in [0.29, 0.717) is 0 Å². The summed E-state index contributed by atoms with van der Waals surface area (Å²) in [5.74, 6) is -5.92. The summed E-state index contributed by atoms with van der Waals surface area (Å²) in [6, 6.07) is 0. The predicted molar refractivity (Wildman–Crippen MR) is 34.2 cm³/mol. The van der Waals surface area contributed by atoms with Crippen molar-refractivity contribution in [1.29, 1.82) is 0 Å². The van der Waals surface area contributed by atoms with Crippen LogP contribution in [0.5, 0.6) is 0 Å². The lowest BCUT2D eigenvalue weighted by atomic mass is 10.1. The van der Waals surface area contributed by atoms with Crippen LogP contribution in [0.2, 0.25) is 0 Å². The highest BCUT2D eigenvalue weighted by molar-refractivity contribution is 6.78. The molecule has 0 heterocycles. The summed E-state index contributed by atoms with van der Waals surface area (Å²) >= 11 is 0. The van der Waals surface area contributed by atoms with E-state index in [2.05, 4.69) is 0 Å². The fourth-order valence-electron chi connectivity index (χ4n) is 0.397. The zero-order valence-electron chi connectivity index (χ0n) is 5.94. The molecule has 0 bridgehead atoms. The second-order valence-corrected chi connectivity index (χ2v) is 1.82. The van der Waals surface area contributed by atoms with Crippen molar-refractivity contribution in [2.45, 2.75) is 0 Å². The molecule has 6 nitrogen and oxygen atoms in total. The van der Waals surface area contributed by atoms with Crippen LogP contribution in [0.4, 0.5) is 0 Å². The van der Waals surface area contributed by atoms with Crippen molar-refractivity contribution in [2.24, 2.45) is 0 Å².